The summed E-state index contributed by atoms with van der Waals surface area (Å²) in [6.45, 7) is 3.20. The minimum absolute atomic E-state index is 0.0119. The molecule has 0 aromatic rings. The molecular formula is C10H17NO4S. The molecule has 0 aromatic heterocycles. The lowest BCUT2D eigenvalue weighted by Crippen LogP contribution is -2.23. The standard InChI is InChI=1S/C10H17NO4S/c1-7(12)5-9(14)6-10(15)16-4-3-11-8(2)13/h9,14H,3-6H2,1-2H3,(H,11,13)/t9-/m1/s1. The molecule has 0 bridgehead atoms. The van der Waals surface area contributed by atoms with E-state index in [0.717, 1.165) is 11.8 Å². The van der Waals surface area contributed by atoms with Crippen LogP contribution in [0.3, 0.4) is 0 Å². The first-order chi connectivity index (χ1) is 7.41. The maximum atomic E-state index is 11.3. The lowest BCUT2D eigenvalue weighted by Gasteiger charge is -2.07. The molecule has 92 valence electrons. The van der Waals surface area contributed by atoms with Gasteiger partial charge < -0.3 is 10.4 Å². The van der Waals surface area contributed by atoms with Crippen LogP contribution in [0, 0.1) is 0 Å². The maximum absolute atomic E-state index is 11.3. The number of carbonyl (C=O) groups is 3. The summed E-state index contributed by atoms with van der Waals surface area (Å²) >= 11 is 1.05. The Balaban J connectivity index is 3.58. The van der Waals surface area contributed by atoms with Crippen LogP contribution < -0.4 is 5.32 Å². The summed E-state index contributed by atoms with van der Waals surface area (Å²) in [6.07, 6.45) is -0.902. The van der Waals surface area contributed by atoms with Crippen LogP contribution in [0.5, 0.6) is 0 Å². The van der Waals surface area contributed by atoms with Crippen LogP contribution in [-0.4, -0.2) is 40.3 Å². The van der Waals surface area contributed by atoms with E-state index >= 15 is 0 Å². The summed E-state index contributed by atoms with van der Waals surface area (Å²) in [5.41, 5.74) is 0. The number of hydrogen-bond acceptors (Lipinski definition) is 5. The minimum Gasteiger partial charge on any atom is -0.392 e. The van der Waals surface area contributed by atoms with Gasteiger partial charge in [0.1, 0.15) is 5.78 Å². The van der Waals surface area contributed by atoms with E-state index in [1.165, 1.54) is 13.8 Å². The number of ketones is 1. The molecule has 0 rings (SSSR count). The third-order valence-corrected chi connectivity index (χ3v) is 2.56. The van der Waals surface area contributed by atoms with E-state index in [-0.39, 0.29) is 29.6 Å². The van der Waals surface area contributed by atoms with Gasteiger partial charge in [-0.2, -0.15) is 0 Å². The van der Waals surface area contributed by atoms with Crippen molar-refractivity contribution in [3.63, 3.8) is 0 Å². The smallest absolute Gasteiger partial charge is 0.216 e. The van der Waals surface area contributed by atoms with Crippen molar-refractivity contribution in [1.82, 2.24) is 5.32 Å². The van der Waals surface area contributed by atoms with E-state index in [4.69, 9.17) is 0 Å². The van der Waals surface area contributed by atoms with Crippen molar-refractivity contribution in [2.24, 2.45) is 0 Å². The van der Waals surface area contributed by atoms with E-state index < -0.39 is 6.10 Å². The first-order valence-corrected chi connectivity index (χ1v) is 5.98. The highest BCUT2D eigenvalue weighted by molar-refractivity contribution is 8.13. The average Bonchev–Trinajstić information content (AvgIpc) is 2.10. The van der Waals surface area contributed by atoms with E-state index in [0.29, 0.717) is 12.3 Å². The molecule has 0 unspecified atom stereocenters. The van der Waals surface area contributed by atoms with E-state index in [1.54, 1.807) is 0 Å². The van der Waals surface area contributed by atoms with Gasteiger partial charge in [0.2, 0.25) is 5.91 Å². The number of amides is 1. The molecule has 2 N–H and O–H groups in total. The largest absolute Gasteiger partial charge is 0.392 e. The van der Waals surface area contributed by atoms with Crippen LogP contribution in [-0.2, 0) is 14.4 Å². The van der Waals surface area contributed by atoms with E-state index in [9.17, 15) is 19.5 Å². The second-order valence-corrected chi connectivity index (χ2v) is 4.62. The molecule has 5 nitrogen and oxygen atoms in total. The molecule has 0 aromatic carbocycles. The Morgan fingerprint density at radius 1 is 1.25 bits per heavy atom. The fourth-order valence-corrected chi connectivity index (χ4v) is 1.79. The lowest BCUT2D eigenvalue weighted by atomic mass is 10.1. The van der Waals surface area contributed by atoms with E-state index in [1.807, 2.05) is 0 Å². The SMILES string of the molecule is CC(=O)C[C@@H](O)CC(=O)SCCNC(C)=O. The van der Waals surface area contributed by atoms with Gasteiger partial charge in [0, 0.05) is 32.1 Å². The van der Waals surface area contributed by atoms with Gasteiger partial charge in [0.25, 0.3) is 0 Å². The molecule has 16 heavy (non-hydrogen) atoms. The van der Waals surface area contributed by atoms with Crippen LogP contribution in [0.4, 0.5) is 0 Å². The zero-order valence-electron chi connectivity index (χ0n) is 9.49. The Morgan fingerprint density at radius 3 is 2.38 bits per heavy atom. The van der Waals surface area contributed by atoms with Gasteiger partial charge in [0.05, 0.1) is 6.10 Å². The highest BCUT2D eigenvalue weighted by atomic mass is 32.2. The number of Topliss-reactive ketones (excluding diaryl/α,β-unsaturated/α-hetero) is 1. The van der Waals surface area contributed by atoms with Gasteiger partial charge in [-0.1, -0.05) is 11.8 Å². The maximum Gasteiger partial charge on any atom is 0.216 e. The average molecular weight is 247 g/mol. The molecule has 1 atom stereocenters. The van der Waals surface area contributed by atoms with Gasteiger partial charge in [-0.25, -0.2) is 0 Å². The second-order valence-electron chi connectivity index (χ2n) is 3.47. The number of aliphatic hydroxyl groups is 1. The van der Waals surface area contributed by atoms with Gasteiger partial charge in [-0.15, -0.1) is 0 Å². The Bertz CT molecular complexity index is 268. The highest BCUT2D eigenvalue weighted by Gasteiger charge is 2.12. The Hall–Kier alpha value is -0.880. The van der Waals surface area contributed by atoms with Crippen molar-refractivity contribution in [3.05, 3.63) is 0 Å². The van der Waals surface area contributed by atoms with Crippen molar-refractivity contribution in [3.8, 4) is 0 Å². The van der Waals surface area contributed by atoms with Crippen LogP contribution in [0.2, 0.25) is 0 Å². The topological polar surface area (TPSA) is 83.5 Å². The predicted octanol–water partition coefficient (Wildman–Crippen LogP) is 0.112. The van der Waals surface area contributed by atoms with Gasteiger partial charge in [-0.05, 0) is 6.92 Å². The summed E-state index contributed by atoms with van der Waals surface area (Å²) in [6, 6.07) is 0. The van der Waals surface area contributed by atoms with Crippen molar-refractivity contribution in [1.29, 1.82) is 0 Å². The highest BCUT2D eigenvalue weighted by Crippen LogP contribution is 2.09. The third kappa shape index (κ3) is 9.67. The molecule has 0 fully saturated rings. The molecule has 6 heteroatoms. The first-order valence-electron chi connectivity index (χ1n) is 4.99. The fraction of sp³-hybridized carbons (Fsp3) is 0.700. The summed E-state index contributed by atoms with van der Waals surface area (Å²) < 4.78 is 0. The molecule has 0 aliphatic carbocycles. The number of aliphatic hydroxyl groups excluding tert-OH is 1. The van der Waals surface area contributed by atoms with Crippen LogP contribution in [0.15, 0.2) is 0 Å². The summed E-state index contributed by atoms with van der Waals surface area (Å²) in [7, 11) is 0. The summed E-state index contributed by atoms with van der Waals surface area (Å²) in [5, 5.41) is 11.7. The quantitative estimate of drug-likeness (QED) is 0.624. The number of hydrogen-bond donors (Lipinski definition) is 2. The zero-order chi connectivity index (χ0) is 12.6. The van der Waals surface area contributed by atoms with Crippen molar-refractivity contribution >= 4 is 28.6 Å². The number of nitrogens with one attached hydrogen (secondary N) is 1. The van der Waals surface area contributed by atoms with Crippen LogP contribution >= 0.6 is 11.8 Å². The van der Waals surface area contributed by atoms with Crippen molar-refractivity contribution in [2.75, 3.05) is 12.3 Å². The van der Waals surface area contributed by atoms with Crippen LogP contribution in [0.1, 0.15) is 26.7 Å². The summed E-state index contributed by atoms with van der Waals surface area (Å²) in [4.78, 5) is 32.4. The van der Waals surface area contributed by atoms with Gasteiger partial charge in [0.15, 0.2) is 5.12 Å². The molecule has 0 heterocycles. The number of carbonyl (C=O) groups excluding carboxylic acids is 3. The van der Waals surface area contributed by atoms with E-state index in [2.05, 4.69) is 5.32 Å². The summed E-state index contributed by atoms with van der Waals surface area (Å²) in [5.74, 6) is 0.207. The van der Waals surface area contributed by atoms with Gasteiger partial charge in [-0.3, -0.25) is 14.4 Å². The molecule has 0 saturated carbocycles. The number of thioether (sulfide) groups is 1. The van der Waals surface area contributed by atoms with Crippen molar-refractivity contribution in [2.45, 2.75) is 32.8 Å². The first kappa shape index (κ1) is 15.1. The van der Waals surface area contributed by atoms with Crippen molar-refractivity contribution < 1.29 is 19.5 Å². The predicted molar refractivity (Wildman–Crippen MR) is 62.1 cm³/mol. The second kappa shape index (κ2) is 8.29. The molecule has 0 saturated heterocycles. The lowest BCUT2D eigenvalue weighted by molar-refractivity contribution is -0.120. The molecule has 0 aliphatic rings. The minimum atomic E-state index is -0.890. The number of rotatable bonds is 7. The fourth-order valence-electron chi connectivity index (χ4n) is 1.05. The third-order valence-electron chi connectivity index (χ3n) is 1.66. The Morgan fingerprint density at radius 2 is 1.88 bits per heavy atom. The monoisotopic (exact) mass is 247 g/mol. The van der Waals surface area contributed by atoms with Gasteiger partial charge >= 0.3 is 0 Å². The Kier molecular flexibility index (Phi) is 7.84. The van der Waals surface area contributed by atoms with Crippen LogP contribution in [0.25, 0.3) is 0 Å². The normalized spacial score (nSPS) is 11.9. The molecule has 0 aliphatic heterocycles. The molecule has 0 spiro atoms. The zero-order valence-corrected chi connectivity index (χ0v) is 10.3. The molecule has 0 radical (unpaired) electrons. The Labute approximate surface area is 99.0 Å². The molecule has 1 amide bonds. The molecular weight excluding hydrogens is 230 g/mol.